The van der Waals surface area contributed by atoms with E-state index in [9.17, 15) is 0 Å². The molecule has 1 aliphatic heterocycles. The van der Waals surface area contributed by atoms with E-state index >= 15 is 0 Å². The Kier molecular flexibility index (Phi) is 4.20. The molecule has 4 nitrogen and oxygen atoms in total. The van der Waals surface area contributed by atoms with Crippen LogP contribution >= 0.6 is 0 Å². The van der Waals surface area contributed by atoms with Gasteiger partial charge < -0.3 is 9.64 Å². The maximum absolute atomic E-state index is 6.05. The molecule has 0 bridgehead atoms. The smallest absolute Gasteiger partial charge is 0.0686 e. The summed E-state index contributed by atoms with van der Waals surface area (Å²) in [6.07, 6.45) is 5.97. The normalized spacial score (nSPS) is 25.4. The average Bonchev–Trinajstić information content (AvgIpc) is 2.47. The van der Waals surface area contributed by atoms with Gasteiger partial charge >= 0.3 is 0 Å². The Morgan fingerprint density at radius 1 is 1.38 bits per heavy atom. The highest BCUT2D eigenvalue weighted by Crippen LogP contribution is 2.47. The third kappa shape index (κ3) is 2.93. The van der Waals surface area contributed by atoms with Crippen molar-refractivity contribution in [3.8, 4) is 0 Å². The first kappa shape index (κ1) is 14.8. The van der Waals surface area contributed by atoms with E-state index in [1.807, 2.05) is 0 Å². The van der Waals surface area contributed by atoms with Crippen LogP contribution in [0.5, 0.6) is 0 Å². The lowest BCUT2D eigenvalue weighted by molar-refractivity contribution is -0.147. The van der Waals surface area contributed by atoms with Crippen molar-refractivity contribution in [2.45, 2.75) is 43.7 Å². The monoisotopic (exact) mass is 289 g/mol. The molecule has 21 heavy (non-hydrogen) atoms. The van der Waals surface area contributed by atoms with Gasteiger partial charge in [0.05, 0.1) is 5.60 Å². The summed E-state index contributed by atoms with van der Waals surface area (Å²) in [5.74, 6) is 6.46. The summed E-state index contributed by atoms with van der Waals surface area (Å²) in [7, 11) is 4.14. The molecule has 2 atom stereocenters. The predicted molar refractivity (Wildman–Crippen MR) is 86.1 cm³/mol. The van der Waals surface area contributed by atoms with Crippen molar-refractivity contribution in [2.75, 3.05) is 25.6 Å². The lowest BCUT2D eigenvalue weighted by Gasteiger charge is -2.48. The number of benzene rings is 1. The second kappa shape index (κ2) is 5.95. The molecule has 3 N–H and O–H groups in total. The fourth-order valence-corrected chi connectivity index (χ4v) is 3.77. The number of nitrogens with one attached hydrogen (secondary N) is 1. The topological polar surface area (TPSA) is 50.5 Å². The van der Waals surface area contributed by atoms with E-state index in [2.05, 4.69) is 48.7 Å². The Hall–Kier alpha value is -1.10. The molecule has 1 saturated heterocycles. The quantitative estimate of drug-likeness (QED) is 0.661. The van der Waals surface area contributed by atoms with Gasteiger partial charge in [-0.1, -0.05) is 12.1 Å². The summed E-state index contributed by atoms with van der Waals surface area (Å²) in [6.45, 7) is 0.871. The minimum atomic E-state index is 0.164. The van der Waals surface area contributed by atoms with Gasteiger partial charge in [-0.2, -0.15) is 0 Å². The van der Waals surface area contributed by atoms with Crippen LogP contribution in [0.4, 0.5) is 5.69 Å². The van der Waals surface area contributed by atoms with E-state index in [1.54, 1.807) is 0 Å². The van der Waals surface area contributed by atoms with E-state index in [0.29, 0.717) is 5.92 Å². The predicted octanol–water partition coefficient (Wildman–Crippen LogP) is 2.61. The second-order valence-electron chi connectivity index (χ2n) is 6.77. The van der Waals surface area contributed by atoms with E-state index < -0.39 is 0 Å². The molecular weight excluding hydrogens is 262 g/mol. The fourth-order valence-electron chi connectivity index (χ4n) is 3.77. The number of hydrogen-bond acceptors (Lipinski definition) is 4. The lowest BCUT2D eigenvalue weighted by Crippen LogP contribution is -2.48. The van der Waals surface area contributed by atoms with Crippen molar-refractivity contribution in [3.05, 3.63) is 29.8 Å². The summed E-state index contributed by atoms with van der Waals surface area (Å²) < 4.78 is 6.05. The molecular formula is C17H27N3O. The number of hydrazine groups is 1. The largest absolute Gasteiger partial charge is 0.378 e. The van der Waals surface area contributed by atoms with E-state index in [4.69, 9.17) is 10.6 Å². The van der Waals surface area contributed by atoms with Crippen molar-refractivity contribution in [2.24, 2.45) is 11.8 Å². The molecule has 1 aromatic carbocycles. The zero-order chi connectivity index (χ0) is 14.9. The van der Waals surface area contributed by atoms with Crippen LogP contribution in [0.2, 0.25) is 0 Å². The summed E-state index contributed by atoms with van der Waals surface area (Å²) >= 11 is 0. The first-order chi connectivity index (χ1) is 10.1. The first-order valence-electron chi connectivity index (χ1n) is 8.01. The van der Waals surface area contributed by atoms with Crippen LogP contribution in [0.1, 0.15) is 43.7 Å². The highest BCUT2D eigenvalue weighted by molar-refractivity contribution is 5.48. The fraction of sp³-hybridized carbons (Fsp3) is 0.647. The molecule has 2 fully saturated rings. The summed E-state index contributed by atoms with van der Waals surface area (Å²) in [5.41, 5.74) is 5.73. The molecule has 0 aromatic heterocycles. The number of nitrogens with two attached hydrogens (primary N) is 1. The maximum atomic E-state index is 6.05. The van der Waals surface area contributed by atoms with Gasteiger partial charge in [0, 0.05) is 32.4 Å². The molecule has 1 aliphatic carbocycles. The van der Waals surface area contributed by atoms with Gasteiger partial charge in [0.15, 0.2) is 0 Å². The molecule has 4 heteroatoms. The number of ether oxygens (including phenoxy) is 1. The van der Waals surface area contributed by atoms with Gasteiger partial charge in [0.25, 0.3) is 0 Å². The highest BCUT2D eigenvalue weighted by atomic mass is 16.5. The zero-order valence-corrected chi connectivity index (χ0v) is 13.1. The first-order valence-corrected chi connectivity index (χ1v) is 8.01. The van der Waals surface area contributed by atoms with Crippen LogP contribution < -0.4 is 16.2 Å². The van der Waals surface area contributed by atoms with Crippen LogP contribution in [-0.4, -0.2) is 26.3 Å². The van der Waals surface area contributed by atoms with E-state index in [1.165, 1.54) is 30.5 Å². The van der Waals surface area contributed by atoms with Crippen LogP contribution in [0.25, 0.3) is 0 Å². The van der Waals surface area contributed by atoms with Crippen molar-refractivity contribution in [1.82, 2.24) is 5.43 Å². The van der Waals surface area contributed by atoms with Gasteiger partial charge in [-0.15, -0.1) is 0 Å². The molecule has 1 spiro atoms. The zero-order valence-electron chi connectivity index (χ0n) is 13.1. The Morgan fingerprint density at radius 2 is 2.19 bits per heavy atom. The van der Waals surface area contributed by atoms with Crippen molar-refractivity contribution < 1.29 is 4.74 Å². The summed E-state index contributed by atoms with van der Waals surface area (Å²) in [4.78, 5) is 2.13. The molecule has 0 radical (unpaired) electrons. The molecule has 2 unspecified atom stereocenters. The molecule has 116 valence electrons. The van der Waals surface area contributed by atoms with Crippen LogP contribution in [0.3, 0.4) is 0 Å². The lowest BCUT2D eigenvalue weighted by atomic mass is 9.70. The molecule has 1 heterocycles. The number of hydrogen-bond donors (Lipinski definition) is 2. The summed E-state index contributed by atoms with van der Waals surface area (Å²) in [5, 5.41) is 0. The Bertz CT molecular complexity index is 485. The molecule has 0 amide bonds. The van der Waals surface area contributed by atoms with Gasteiger partial charge in [0.2, 0.25) is 0 Å². The molecule has 1 saturated carbocycles. The minimum Gasteiger partial charge on any atom is -0.378 e. The molecule has 2 aliphatic rings. The van der Waals surface area contributed by atoms with E-state index in [-0.39, 0.29) is 11.6 Å². The van der Waals surface area contributed by atoms with Crippen LogP contribution in [-0.2, 0) is 4.74 Å². The molecule has 3 rings (SSSR count). The SMILES string of the molecule is CN(C)c1cccc(C(NN)C2CCOC3(CCC3)C2)c1. The van der Waals surface area contributed by atoms with E-state index in [0.717, 1.165) is 19.4 Å². The Labute approximate surface area is 127 Å². The summed E-state index contributed by atoms with van der Waals surface area (Å²) in [6, 6.07) is 8.89. The Morgan fingerprint density at radius 3 is 2.81 bits per heavy atom. The number of rotatable bonds is 4. The maximum Gasteiger partial charge on any atom is 0.0686 e. The Balaban J connectivity index is 1.79. The van der Waals surface area contributed by atoms with Gasteiger partial charge in [-0.05, 0) is 55.7 Å². The average molecular weight is 289 g/mol. The molecule has 1 aromatic rings. The van der Waals surface area contributed by atoms with Crippen molar-refractivity contribution in [1.29, 1.82) is 0 Å². The number of nitrogens with zero attached hydrogens (tertiary/aromatic N) is 1. The third-order valence-corrected chi connectivity index (χ3v) is 5.19. The van der Waals surface area contributed by atoms with Gasteiger partial charge in [0.1, 0.15) is 0 Å². The highest BCUT2D eigenvalue weighted by Gasteiger charge is 2.44. The van der Waals surface area contributed by atoms with Crippen LogP contribution in [0, 0.1) is 5.92 Å². The van der Waals surface area contributed by atoms with Crippen LogP contribution in [0.15, 0.2) is 24.3 Å². The van der Waals surface area contributed by atoms with Crippen molar-refractivity contribution >= 4 is 5.69 Å². The minimum absolute atomic E-state index is 0.164. The number of anilines is 1. The third-order valence-electron chi connectivity index (χ3n) is 5.19. The standard InChI is InChI=1S/C17H27N3O/c1-20(2)15-6-3-5-13(11-15)16(19-18)14-7-10-21-17(12-14)8-4-9-17/h3,5-6,11,14,16,19H,4,7-10,12,18H2,1-2H3. The van der Waals surface area contributed by atoms with Gasteiger partial charge in [-0.3, -0.25) is 11.3 Å². The van der Waals surface area contributed by atoms with Crippen molar-refractivity contribution in [3.63, 3.8) is 0 Å². The van der Waals surface area contributed by atoms with Gasteiger partial charge in [-0.25, -0.2) is 0 Å². The second-order valence-corrected chi connectivity index (χ2v) is 6.77.